The molecular weight excluding hydrogens is 198 g/mol. The van der Waals surface area contributed by atoms with Crippen molar-refractivity contribution in [3.8, 4) is 11.6 Å². The zero-order chi connectivity index (χ0) is 10.8. The van der Waals surface area contributed by atoms with Crippen LogP contribution in [0.2, 0.25) is 0 Å². The molecule has 0 aliphatic carbocycles. The Morgan fingerprint density at radius 3 is 2.73 bits per heavy atom. The molecule has 2 heterocycles. The molecule has 2 rings (SSSR count). The van der Waals surface area contributed by atoms with Crippen LogP contribution in [-0.2, 0) is 0 Å². The number of anilines is 1. The first kappa shape index (κ1) is 9.63. The van der Waals surface area contributed by atoms with Gasteiger partial charge in [0.1, 0.15) is 0 Å². The third-order valence-electron chi connectivity index (χ3n) is 2.21. The number of nitrogens with two attached hydrogens (primary N) is 1. The Hall–Kier alpha value is -1.92. The van der Waals surface area contributed by atoms with Crippen molar-refractivity contribution in [2.75, 3.05) is 5.73 Å². The fraction of sp³-hybridized carbons (Fsp3) is 0.500. The fourth-order valence-corrected chi connectivity index (χ4v) is 1.06. The second kappa shape index (κ2) is 3.68. The minimum absolute atomic E-state index is 0.148. The molecule has 7 heteroatoms. The molecule has 0 spiro atoms. The Morgan fingerprint density at radius 1 is 1.33 bits per heavy atom. The van der Waals surface area contributed by atoms with Gasteiger partial charge in [-0.3, -0.25) is 0 Å². The summed E-state index contributed by atoms with van der Waals surface area (Å²) in [5.41, 5.74) is 5.78. The van der Waals surface area contributed by atoms with Gasteiger partial charge in [-0.2, -0.15) is 4.98 Å². The molecule has 1 atom stereocenters. The van der Waals surface area contributed by atoms with Crippen LogP contribution in [0.25, 0.3) is 11.6 Å². The summed E-state index contributed by atoms with van der Waals surface area (Å²) in [5, 5.41) is 10.8. The van der Waals surface area contributed by atoms with Crippen molar-refractivity contribution in [3.63, 3.8) is 0 Å². The van der Waals surface area contributed by atoms with E-state index in [0.29, 0.717) is 5.82 Å². The Bertz CT molecular complexity index is 449. The Labute approximate surface area is 85.6 Å². The van der Waals surface area contributed by atoms with Crippen molar-refractivity contribution in [1.82, 2.24) is 20.5 Å². The molecule has 0 radical (unpaired) electrons. The SMILES string of the molecule is CCC(C)c1noc(-c2nonc2N)n1. The maximum atomic E-state index is 5.50. The molecule has 2 aromatic rings. The Morgan fingerprint density at radius 2 is 2.13 bits per heavy atom. The average Bonchev–Trinajstić information content (AvgIpc) is 2.84. The summed E-state index contributed by atoms with van der Waals surface area (Å²) < 4.78 is 9.45. The van der Waals surface area contributed by atoms with Gasteiger partial charge in [0.05, 0.1) is 0 Å². The van der Waals surface area contributed by atoms with E-state index in [9.17, 15) is 0 Å². The van der Waals surface area contributed by atoms with Crippen molar-refractivity contribution >= 4 is 5.82 Å². The van der Waals surface area contributed by atoms with Gasteiger partial charge >= 0.3 is 0 Å². The zero-order valence-corrected chi connectivity index (χ0v) is 8.47. The van der Waals surface area contributed by atoms with Gasteiger partial charge in [0.2, 0.25) is 11.5 Å². The van der Waals surface area contributed by atoms with Crippen LogP contribution >= 0.6 is 0 Å². The number of hydrogen-bond acceptors (Lipinski definition) is 7. The van der Waals surface area contributed by atoms with E-state index in [2.05, 4.69) is 25.1 Å². The van der Waals surface area contributed by atoms with E-state index in [0.717, 1.165) is 6.42 Å². The molecule has 80 valence electrons. The van der Waals surface area contributed by atoms with Gasteiger partial charge in [-0.1, -0.05) is 19.0 Å². The molecule has 0 aliphatic rings. The number of nitrogens with zero attached hydrogens (tertiary/aromatic N) is 4. The normalized spacial score (nSPS) is 12.9. The van der Waals surface area contributed by atoms with Crippen LogP contribution in [0.4, 0.5) is 5.82 Å². The highest BCUT2D eigenvalue weighted by molar-refractivity contribution is 5.60. The minimum atomic E-state index is 0.148. The highest BCUT2D eigenvalue weighted by Gasteiger charge is 2.18. The highest BCUT2D eigenvalue weighted by Crippen LogP contribution is 2.22. The zero-order valence-electron chi connectivity index (χ0n) is 8.47. The molecule has 7 nitrogen and oxygen atoms in total. The second-order valence-corrected chi connectivity index (χ2v) is 3.27. The summed E-state index contributed by atoms with van der Waals surface area (Å²) in [5.74, 6) is 1.26. The third kappa shape index (κ3) is 1.67. The maximum absolute atomic E-state index is 5.50. The number of hydrogen-bond donors (Lipinski definition) is 1. The summed E-state index contributed by atoms with van der Waals surface area (Å²) in [4.78, 5) is 4.16. The first-order valence-electron chi connectivity index (χ1n) is 4.64. The van der Waals surface area contributed by atoms with Crippen molar-refractivity contribution in [3.05, 3.63) is 5.82 Å². The molecule has 0 bridgehead atoms. The van der Waals surface area contributed by atoms with Crippen LogP contribution in [0.1, 0.15) is 32.0 Å². The molecule has 15 heavy (non-hydrogen) atoms. The molecule has 0 amide bonds. The predicted molar refractivity (Wildman–Crippen MR) is 50.7 cm³/mol. The van der Waals surface area contributed by atoms with E-state index in [1.807, 2.05) is 13.8 Å². The van der Waals surface area contributed by atoms with E-state index in [1.165, 1.54) is 0 Å². The predicted octanol–water partition coefficient (Wildman–Crippen LogP) is 1.22. The summed E-state index contributed by atoms with van der Waals surface area (Å²) in [7, 11) is 0. The smallest absolute Gasteiger partial charge is 0.284 e. The van der Waals surface area contributed by atoms with Crippen LogP contribution < -0.4 is 5.73 Å². The van der Waals surface area contributed by atoms with Crippen LogP contribution in [0, 0.1) is 0 Å². The molecule has 2 aromatic heterocycles. The van der Waals surface area contributed by atoms with Crippen molar-refractivity contribution in [2.45, 2.75) is 26.2 Å². The lowest BCUT2D eigenvalue weighted by molar-refractivity contribution is 0.308. The molecule has 0 saturated heterocycles. The molecule has 0 saturated carbocycles. The summed E-state index contributed by atoms with van der Waals surface area (Å²) in [6.45, 7) is 4.06. The first-order chi connectivity index (χ1) is 7.22. The van der Waals surface area contributed by atoms with Gasteiger partial charge in [0.25, 0.3) is 5.89 Å². The lowest BCUT2D eigenvalue weighted by Crippen LogP contribution is -1.94. The summed E-state index contributed by atoms with van der Waals surface area (Å²) in [6.07, 6.45) is 0.936. The van der Waals surface area contributed by atoms with E-state index in [1.54, 1.807) is 0 Å². The van der Waals surface area contributed by atoms with Gasteiger partial charge in [0.15, 0.2) is 5.82 Å². The van der Waals surface area contributed by atoms with Crippen LogP contribution in [0.15, 0.2) is 9.15 Å². The average molecular weight is 209 g/mol. The molecule has 0 aromatic carbocycles. The fourth-order valence-electron chi connectivity index (χ4n) is 1.06. The lowest BCUT2D eigenvalue weighted by atomic mass is 10.1. The van der Waals surface area contributed by atoms with Gasteiger partial charge in [0, 0.05) is 5.92 Å². The van der Waals surface area contributed by atoms with Crippen LogP contribution in [-0.4, -0.2) is 20.5 Å². The van der Waals surface area contributed by atoms with E-state index < -0.39 is 0 Å². The molecule has 1 unspecified atom stereocenters. The minimum Gasteiger partial charge on any atom is -0.379 e. The standard InChI is InChI=1S/C8H11N5O2/c1-3-4(2)7-10-8(14-13-7)5-6(9)12-15-11-5/h4H,3H2,1-2H3,(H2,9,12). The number of nitrogen functional groups attached to an aromatic ring is 1. The van der Waals surface area contributed by atoms with Crippen LogP contribution in [0.5, 0.6) is 0 Å². The molecule has 0 fully saturated rings. The first-order valence-corrected chi connectivity index (χ1v) is 4.64. The molecule has 0 aliphatic heterocycles. The van der Waals surface area contributed by atoms with Crippen LogP contribution in [0.3, 0.4) is 0 Å². The van der Waals surface area contributed by atoms with Crippen molar-refractivity contribution < 1.29 is 9.15 Å². The van der Waals surface area contributed by atoms with Crippen molar-refractivity contribution in [1.29, 1.82) is 0 Å². The quantitative estimate of drug-likeness (QED) is 0.810. The van der Waals surface area contributed by atoms with E-state index in [4.69, 9.17) is 10.3 Å². The monoisotopic (exact) mass is 209 g/mol. The second-order valence-electron chi connectivity index (χ2n) is 3.27. The number of rotatable bonds is 3. The molecule has 2 N–H and O–H groups in total. The van der Waals surface area contributed by atoms with Gasteiger partial charge in [-0.25, -0.2) is 4.63 Å². The van der Waals surface area contributed by atoms with Gasteiger partial charge in [-0.15, -0.1) is 0 Å². The summed E-state index contributed by atoms with van der Waals surface area (Å²) >= 11 is 0. The third-order valence-corrected chi connectivity index (χ3v) is 2.21. The Kier molecular flexibility index (Phi) is 2.36. The Balaban J connectivity index is 2.32. The summed E-state index contributed by atoms with van der Waals surface area (Å²) in [6, 6.07) is 0. The largest absolute Gasteiger partial charge is 0.379 e. The lowest BCUT2D eigenvalue weighted by Gasteiger charge is -1.98. The number of aromatic nitrogens is 4. The maximum Gasteiger partial charge on any atom is 0.284 e. The van der Waals surface area contributed by atoms with Gasteiger partial charge in [-0.05, 0) is 16.7 Å². The topological polar surface area (TPSA) is 104 Å². The molecular formula is C8H11N5O2. The van der Waals surface area contributed by atoms with E-state index in [-0.39, 0.29) is 23.3 Å². The van der Waals surface area contributed by atoms with Gasteiger partial charge < -0.3 is 10.3 Å². The highest BCUT2D eigenvalue weighted by atomic mass is 16.6. The van der Waals surface area contributed by atoms with Crippen molar-refractivity contribution in [2.24, 2.45) is 0 Å². The van der Waals surface area contributed by atoms with E-state index >= 15 is 0 Å².